The predicted octanol–water partition coefficient (Wildman–Crippen LogP) is 2.32. The van der Waals surface area contributed by atoms with E-state index in [1.165, 1.54) is 0 Å². The van der Waals surface area contributed by atoms with Gasteiger partial charge in [-0.15, -0.1) is 0 Å². The zero-order valence-corrected chi connectivity index (χ0v) is 15.9. The predicted molar refractivity (Wildman–Crippen MR) is 111 cm³/mol. The first-order valence-electron chi connectivity index (χ1n) is 9.83. The molecule has 3 heterocycles. The van der Waals surface area contributed by atoms with Crippen LogP contribution in [-0.2, 0) is 0 Å². The van der Waals surface area contributed by atoms with Crippen molar-refractivity contribution in [1.82, 2.24) is 25.5 Å². The second-order valence-corrected chi connectivity index (χ2v) is 7.02. The fraction of sp³-hybridized carbons (Fsp3) is 0.318. The normalized spacial score (nSPS) is 14.9. The SMILES string of the molecule is O=C(NCCCN1CCNCC1)c1cc(-c2cccnc2)nc2ccccc12. The summed E-state index contributed by atoms with van der Waals surface area (Å²) in [5.74, 6) is -0.0518. The number of nitrogens with zero attached hydrogens (tertiary/aromatic N) is 3. The standard InChI is InChI=1S/C22H25N5O/c28-22(25-9-4-12-27-13-10-23-11-14-27)19-15-21(17-5-3-8-24-16-17)26-20-7-2-1-6-18(19)20/h1-3,5-8,15-16,23H,4,9-14H2,(H,25,28). The average molecular weight is 375 g/mol. The van der Waals surface area contributed by atoms with E-state index in [9.17, 15) is 4.79 Å². The number of carbonyl (C=O) groups excluding carboxylic acids is 1. The lowest BCUT2D eigenvalue weighted by atomic mass is 10.0. The van der Waals surface area contributed by atoms with Gasteiger partial charge in [-0.2, -0.15) is 0 Å². The summed E-state index contributed by atoms with van der Waals surface area (Å²) >= 11 is 0. The molecule has 0 saturated carbocycles. The fourth-order valence-corrected chi connectivity index (χ4v) is 3.56. The second-order valence-electron chi connectivity index (χ2n) is 7.02. The van der Waals surface area contributed by atoms with Crippen LogP contribution in [0.5, 0.6) is 0 Å². The Kier molecular flexibility index (Phi) is 5.89. The molecule has 1 fully saturated rings. The van der Waals surface area contributed by atoms with Crippen LogP contribution in [0.2, 0.25) is 0 Å². The van der Waals surface area contributed by atoms with Gasteiger partial charge in [0.2, 0.25) is 0 Å². The minimum Gasteiger partial charge on any atom is -0.352 e. The molecule has 0 atom stereocenters. The third-order valence-corrected chi connectivity index (χ3v) is 5.06. The highest BCUT2D eigenvalue weighted by atomic mass is 16.1. The Bertz CT molecular complexity index is 938. The first-order valence-corrected chi connectivity index (χ1v) is 9.83. The van der Waals surface area contributed by atoms with Crippen LogP contribution in [0.25, 0.3) is 22.2 Å². The molecule has 0 unspecified atom stereocenters. The van der Waals surface area contributed by atoms with E-state index >= 15 is 0 Å². The van der Waals surface area contributed by atoms with E-state index in [2.05, 4.69) is 20.5 Å². The molecule has 1 aliphatic heterocycles. The molecule has 2 aromatic heterocycles. The van der Waals surface area contributed by atoms with Crippen molar-refractivity contribution in [3.63, 3.8) is 0 Å². The lowest BCUT2D eigenvalue weighted by molar-refractivity contribution is 0.0953. The van der Waals surface area contributed by atoms with Crippen LogP contribution < -0.4 is 10.6 Å². The minimum absolute atomic E-state index is 0.0518. The van der Waals surface area contributed by atoms with Crippen molar-refractivity contribution in [3.8, 4) is 11.3 Å². The molecule has 6 heteroatoms. The van der Waals surface area contributed by atoms with Gasteiger partial charge in [-0.3, -0.25) is 9.78 Å². The summed E-state index contributed by atoms with van der Waals surface area (Å²) in [5.41, 5.74) is 3.14. The van der Waals surface area contributed by atoms with Crippen LogP contribution in [0.4, 0.5) is 0 Å². The number of carbonyl (C=O) groups is 1. The van der Waals surface area contributed by atoms with Crippen molar-refractivity contribution in [2.75, 3.05) is 39.3 Å². The quantitative estimate of drug-likeness (QED) is 0.647. The number of para-hydroxylation sites is 1. The molecule has 144 valence electrons. The highest BCUT2D eigenvalue weighted by Gasteiger charge is 2.14. The Morgan fingerprint density at radius 3 is 2.82 bits per heavy atom. The molecule has 4 rings (SSSR count). The number of nitrogens with one attached hydrogen (secondary N) is 2. The minimum atomic E-state index is -0.0518. The summed E-state index contributed by atoms with van der Waals surface area (Å²) in [6, 6.07) is 13.5. The topological polar surface area (TPSA) is 70.2 Å². The largest absolute Gasteiger partial charge is 0.352 e. The monoisotopic (exact) mass is 375 g/mol. The lowest BCUT2D eigenvalue weighted by Gasteiger charge is -2.27. The molecule has 28 heavy (non-hydrogen) atoms. The Balaban J connectivity index is 1.49. The van der Waals surface area contributed by atoms with Gasteiger partial charge in [0.05, 0.1) is 16.8 Å². The molecule has 0 bridgehead atoms. The van der Waals surface area contributed by atoms with Crippen LogP contribution in [0.1, 0.15) is 16.8 Å². The number of aromatic nitrogens is 2. The average Bonchev–Trinajstić information content (AvgIpc) is 2.77. The molecule has 1 saturated heterocycles. The van der Waals surface area contributed by atoms with E-state index in [0.717, 1.165) is 61.3 Å². The maximum Gasteiger partial charge on any atom is 0.252 e. The van der Waals surface area contributed by atoms with Gasteiger partial charge in [0.1, 0.15) is 0 Å². The molecule has 0 radical (unpaired) electrons. The lowest BCUT2D eigenvalue weighted by Crippen LogP contribution is -2.44. The molecular weight excluding hydrogens is 350 g/mol. The number of hydrogen-bond acceptors (Lipinski definition) is 5. The number of piperazine rings is 1. The first kappa shape index (κ1) is 18.5. The Morgan fingerprint density at radius 2 is 2.00 bits per heavy atom. The number of hydrogen-bond donors (Lipinski definition) is 2. The van der Waals surface area contributed by atoms with Crippen LogP contribution >= 0.6 is 0 Å². The van der Waals surface area contributed by atoms with E-state index in [1.807, 2.05) is 42.5 Å². The Hall–Kier alpha value is -2.83. The molecule has 1 amide bonds. The molecule has 2 N–H and O–H groups in total. The summed E-state index contributed by atoms with van der Waals surface area (Å²) in [7, 11) is 0. The van der Waals surface area contributed by atoms with Crippen molar-refractivity contribution >= 4 is 16.8 Å². The zero-order valence-electron chi connectivity index (χ0n) is 15.9. The van der Waals surface area contributed by atoms with Crippen LogP contribution in [-0.4, -0.2) is 60.0 Å². The maximum atomic E-state index is 12.9. The van der Waals surface area contributed by atoms with Gasteiger partial charge >= 0.3 is 0 Å². The Labute approximate surface area is 165 Å². The van der Waals surface area contributed by atoms with Gasteiger partial charge in [-0.25, -0.2) is 4.98 Å². The van der Waals surface area contributed by atoms with Crippen molar-refractivity contribution < 1.29 is 4.79 Å². The molecule has 3 aromatic rings. The third-order valence-electron chi connectivity index (χ3n) is 5.06. The maximum absolute atomic E-state index is 12.9. The number of amides is 1. The van der Waals surface area contributed by atoms with Crippen molar-refractivity contribution in [1.29, 1.82) is 0 Å². The van der Waals surface area contributed by atoms with E-state index in [4.69, 9.17) is 4.98 Å². The summed E-state index contributed by atoms with van der Waals surface area (Å²) in [5, 5.41) is 7.31. The van der Waals surface area contributed by atoms with Gasteiger partial charge in [0.25, 0.3) is 5.91 Å². The summed E-state index contributed by atoms with van der Waals surface area (Å²) in [4.78, 5) is 24.2. The highest BCUT2D eigenvalue weighted by molar-refractivity contribution is 6.07. The van der Waals surface area contributed by atoms with Gasteiger partial charge in [0, 0.05) is 56.1 Å². The fourth-order valence-electron chi connectivity index (χ4n) is 3.56. The summed E-state index contributed by atoms with van der Waals surface area (Å²) < 4.78 is 0. The highest BCUT2D eigenvalue weighted by Crippen LogP contribution is 2.24. The number of rotatable bonds is 6. The molecule has 0 aliphatic carbocycles. The van der Waals surface area contributed by atoms with Gasteiger partial charge in [-0.1, -0.05) is 18.2 Å². The van der Waals surface area contributed by atoms with Gasteiger partial charge < -0.3 is 15.5 Å². The molecule has 6 nitrogen and oxygen atoms in total. The van der Waals surface area contributed by atoms with Gasteiger partial charge in [-0.05, 0) is 37.2 Å². The van der Waals surface area contributed by atoms with E-state index < -0.39 is 0 Å². The summed E-state index contributed by atoms with van der Waals surface area (Å²) in [6.07, 6.45) is 4.45. The number of fused-ring (bicyclic) bond motifs is 1. The number of pyridine rings is 2. The van der Waals surface area contributed by atoms with E-state index in [-0.39, 0.29) is 5.91 Å². The van der Waals surface area contributed by atoms with Crippen molar-refractivity contribution in [2.45, 2.75) is 6.42 Å². The molecular formula is C22H25N5O. The molecule has 0 spiro atoms. The Morgan fingerprint density at radius 1 is 1.14 bits per heavy atom. The van der Waals surface area contributed by atoms with E-state index in [1.54, 1.807) is 12.4 Å². The molecule has 1 aliphatic rings. The third kappa shape index (κ3) is 4.35. The second kappa shape index (κ2) is 8.91. The van der Waals surface area contributed by atoms with E-state index in [0.29, 0.717) is 12.1 Å². The van der Waals surface area contributed by atoms with Crippen LogP contribution in [0.15, 0.2) is 54.9 Å². The van der Waals surface area contributed by atoms with Crippen LogP contribution in [0.3, 0.4) is 0 Å². The number of benzene rings is 1. The first-order chi connectivity index (χ1) is 13.8. The molecule has 1 aromatic carbocycles. The zero-order chi connectivity index (χ0) is 19.2. The van der Waals surface area contributed by atoms with Crippen molar-refractivity contribution in [2.24, 2.45) is 0 Å². The van der Waals surface area contributed by atoms with Crippen molar-refractivity contribution in [3.05, 3.63) is 60.4 Å². The van der Waals surface area contributed by atoms with Gasteiger partial charge in [0.15, 0.2) is 0 Å². The summed E-state index contributed by atoms with van der Waals surface area (Å²) in [6.45, 7) is 5.94. The van der Waals surface area contributed by atoms with Crippen LogP contribution in [0, 0.1) is 0 Å². The smallest absolute Gasteiger partial charge is 0.252 e.